The molecule has 1 N–H and O–H groups in total. The molecule has 1 aromatic heterocycles. The van der Waals surface area contributed by atoms with Crippen LogP contribution in [-0.4, -0.2) is 19.4 Å². The van der Waals surface area contributed by atoms with Crippen molar-refractivity contribution in [3.63, 3.8) is 0 Å². The van der Waals surface area contributed by atoms with Crippen LogP contribution in [-0.2, 0) is 10.0 Å². The summed E-state index contributed by atoms with van der Waals surface area (Å²) >= 11 is 7.42. The lowest BCUT2D eigenvalue weighted by Gasteiger charge is -2.10. The number of halogens is 1. The Morgan fingerprint density at radius 3 is 2.83 bits per heavy atom. The summed E-state index contributed by atoms with van der Waals surface area (Å²) in [5, 5.41) is 1.15. The Morgan fingerprint density at radius 1 is 1.26 bits per heavy atom. The van der Waals surface area contributed by atoms with Crippen LogP contribution in [0.2, 0.25) is 5.02 Å². The van der Waals surface area contributed by atoms with Crippen molar-refractivity contribution >= 4 is 48.9 Å². The van der Waals surface area contributed by atoms with E-state index in [9.17, 15) is 8.42 Å². The zero-order chi connectivity index (χ0) is 16.4. The molecule has 3 aromatic rings. The third-order valence-electron chi connectivity index (χ3n) is 3.12. The van der Waals surface area contributed by atoms with Crippen LogP contribution in [0, 0.1) is 0 Å². The number of aromatic nitrogens is 1. The van der Waals surface area contributed by atoms with E-state index < -0.39 is 10.0 Å². The molecular weight excluding hydrogens is 356 g/mol. The highest BCUT2D eigenvalue weighted by Gasteiger charge is 2.16. The molecule has 0 aliphatic heterocycles. The summed E-state index contributed by atoms with van der Waals surface area (Å²) in [5.41, 5.74) is 0.475. The van der Waals surface area contributed by atoms with E-state index in [-0.39, 0.29) is 9.92 Å². The Kier molecular flexibility index (Phi) is 4.43. The molecule has 0 bridgehead atoms. The van der Waals surface area contributed by atoms with Crippen LogP contribution in [0.5, 0.6) is 5.75 Å². The van der Waals surface area contributed by atoms with Gasteiger partial charge in [0.05, 0.1) is 21.2 Å². The lowest BCUT2D eigenvalue weighted by atomic mass is 10.2. The topological polar surface area (TPSA) is 68.3 Å². The van der Waals surface area contributed by atoms with Crippen molar-refractivity contribution in [2.24, 2.45) is 0 Å². The van der Waals surface area contributed by atoms with Gasteiger partial charge in [0.1, 0.15) is 5.75 Å². The van der Waals surface area contributed by atoms with E-state index in [0.717, 1.165) is 10.1 Å². The molecule has 23 heavy (non-hydrogen) atoms. The Labute approximate surface area is 143 Å². The molecule has 8 heteroatoms. The smallest absolute Gasteiger partial charge is 0.261 e. The normalized spacial score (nSPS) is 11.6. The predicted octanol–water partition coefficient (Wildman–Crippen LogP) is 4.15. The van der Waals surface area contributed by atoms with Gasteiger partial charge in [-0.2, -0.15) is 4.37 Å². The maximum Gasteiger partial charge on any atom is 0.261 e. The molecular formula is C15H13ClN2O3S2. The van der Waals surface area contributed by atoms with Crippen LogP contribution in [0.25, 0.3) is 10.1 Å². The SMILES string of the molecule is CCOc1ccc(S(=O)(=O)Nc2ccc3sncc3c2)cc1Cl. The number of benzene rings is 2. The molecule has 0 amide bonds. The first-order valence-corrected chi connectivity index (χ1v) is 9.42. The maximum atomic E-state index is 12.5. The molecule has 0 saturated heterocycles. The van der Waals surface area contributed by atoms with Gasteiger partial charge in [0.25, 0.3) is 10.0 Å². The number of sulfonamides is 1. The lowest BCUT2D eigenvalue weighted by Crippen LogP contribution is -2.13. The van der Waals surface area contributed by atoms with Gasteiger partial charge in [-0.05, 0) is 54.9 Å². The highest BCUT2D eigenvalue weighted by Crippen LogP contribution is 2.29. The van der Waals surface area contributed by atoms with Gasteiger partial charge in [0.2, 0.25) is 0 Å². The highest BCUT2D eigenvalue weighted by atomic mass is 35.5. The van der Waals surface area contributed by atoms with E-state index in [1.165, 1.54) is 23.7 Å². The third kappa shape index (κ3) is 3.41. The Morgan fingerprint density at radius 2 is 2.09 bits per heavy atom. The highest BCUT2D eigenvalue weighted by molar-refractivity contribution is 7.92. The first-order valence-electron chi connectivity index (χ1n) is 6.79. The molecule has 120 valence electrons. The van der Waals surface area contributed by atoms with Gasteiger partial charge in [-0.15, -0.1) is 0 Å². The van der Waals surface area contributed by atoms with Gasteiger partial charge < -0.3 is 4.74 Å². The molecule has 2 aromatic carbocycles. The minimum atomic E-state index is -3.73. The number of ether oxygens (including phenoxy) is 1. The molecule has 0 aliphatic rings. The van der Waals surface area contributed by atoms with Crippen LogP contribution in [0.15, 0.2) is 47.5 Å². The molecule has 0 unspecified atom stereocenters. The van der Waals surface area contributed by atoms with Gasteiger partial charge in [0.15, 0.2) is 0 Å². The molecule has 0 spiro atoms. The van der Waals surface area contributed by atoms with E-state index >= 15 is 0 Å². The second-order valence-corrected chi connectivity index (χ2v) is 7.63. The summed E-state index contributed by atoms with van der Waals surface area (Å²) in [6.45, 7) is 2.29. The van der Waals surface area contributed by atoms with Crippen LogP contribution in [0.1, 0.15) is 6.92 Å². The minimum Gasteiger partial charge on any atom is -0.492 e. The maximum absolute atomic E-state index is 12.5. The number of rotatable bonds is 5. The molecule has 0 radical (unpaired) electrons. The Hall–Kier alpha value is -1.83. The molecule has 5 nitrogen and oxygen atoms in total. The van der Waals surface area contributed by atoms with Crippen molar-refractivity contribution < 1.29 is 13.2 Å². The van der Waals surface area contributed by atoms with Crippen molar-refractivity contribution in [1.82, 2.24) is 4.37 Å². The van der Waals surface area contributed by atoms with Gasteiger partial charge in [-0.1, -0.05) is 11.6 Å². The molecule has 0 fully saturated rings. The van der Waals surface area contributed by atoms with Crippen LogP contribution < -0.4 is 9.46 Å². The second kappa shape index (κ2) is 6.35. The molecule has 1 heterocycles. The van der Waals surface area contributed by atoms with Crippen molar-refractivity contribution in [3.8, 4) is 5.75 Å². The van der Waals surface area contributed by atoms with Crippen LogP contribution in [0.3, 0.4) is 0 Å². The summed E-state index contributed by atoms with van der Waals surface area (Å²) in [6, 6.07) is 9.66. The zero-order valence-electron chi connectivity index (χ0n) is 12.1. The van der Waals surface area contributed by atoms with Gasteiger partial charge >= 0.3 is 0 Å². The van der Waals surface area contributed by atoms with E-state index in [0.29, 0.717) is 18.0 Å². The Balaban J connectivity index is 1.90. The van der Waals surface area contributed by atoms with Crippen LogP contribution >= 0.6 is 23.1 Å². The van der Waals surface area contributed by atoms with E-state index in [4.69, 9.17) is 16.3 Å². The van der Waals surface area contributed by atoms with E-state index in [1.54, 1.807) is 24.4 Å². The van der Waals surface area contributed by atoms with E-state index in [1.807, 2.05) is 13.0 Å². The summed E-state index contributed by atoms with van der Waals surface area (Å²) < 4.78 is 37.9. The number of anilines is 1. The predicted molar refractivity (Wildman–Crippen MR) is 93.0 cm³/mol. The third-order valence-corrected chi connectivity index (χ3v) is 5.57. The lowest BCUT2D eigenvalue weighted by molar-refractivity contribution is 0.340. The van der Waals surface area contributed by atoms with Crippen molar-refractivity contribution in [2.45, 2.75) is 11.8 Å². The average Bonchev–Trinajstić information content (AvgIpc) is 2.96. The number of nitrogens with one attached hydrogen (secondary N) is 1. The number of hydrogen-bond donors (Lipinski definition) is 1. The Bertz CT molecular complexity index is 954. The number of hydrogen-bond acceptors (Lipinski definition) is 5. The van der Waals surface area contributed by atoms with Gasteiger partial charge in [-0.3, -0.25) is 4.72 Å². The molecule has 0 saturated carbocycles. The van der Waals surface area contributed by atoms with E-state index in [2.05, 4.69) is 9.10 Å². The fourth-order valence-electron chi connectivity index (χ4n) is 2.07. The summed E-state index contributed by atoms with van der Waals surface area (Å²) in [4.78, 5) is 0.0782. The molecule has 0 atom stereocenters. The quantitative estimate of drug-likeness (QED) is 0.734. The first-order chi connectivity index (χ1) is 11.0. The zero-order valence-corrected chi connectivity index (χ0v) is 14.5. The molecule has 0 aliphatic carbocycles. The minimum absolute atomic E-state index is 0.0782. The standard InChI is InChI=1S/C15H13ClN2O3S2/c1-2-21-14-5-4-12(8-13(14)16)23(19,20)18-11-3-6-15-10(7-11)9-17-22-15/h3-9,18H,2H2,1H3. The summed E-state index contributed by atoms with van der Waals surface area (Å²) in [6.07, 6.45) is 1.70. The van der Waals surface area contributed by atoms with Crippen molar-refractivity contribution in [3.05, 3.63) is 47.6 Å². The fourth-order valence-corrected chi connectivity index (χ4v) is 4.07. The number of fused-ring (bicyclic) bond motifs is 1. The van der Waals surface area contributed by atoms with Crippen molar-refractivity contribution in [1.29, 1.82) is 0 Å². The van der Waals surface area contributed by atoms with Gasteiger partial charge in [0, 0.05) is 17.3 Å². The average molecular weight is 369 g/mol. The first kappa shape index (κ1) is 16.0. The van der Waals surface area contributed by atoms with Crippen molar-refractivity contribution in [2.75, 3.05) is 11.3 Å². The number of nitrogens with zero attached hydrogens (tertiary/aromatic N) is 1. The van der Waals surface area contributed by atoms with Gasteiger partial charge in [-0.25, -0.2) is 8.42 Å². The fraction of sp³-hybridized carbons (Fsp3) is 0.133. The second-order valence-electron chi connectivity index (χ2n) is 4.71. The largest absolute Gasteiger partial charge is 0.492 e. The summed E-state index contributed by atoms with van der Waals surface area (Å²) in [5.74, 6) is 0.457. The monoisotopic (exact) mass is 368 g/mol. The summed E-state index contributed by atoms with van der Waals surface area (Å²) in [7, 11) is -3.73. The molecule has 3 rings (SSSR count). The van der Waals surface area contributed by atoms with Crippen LogP contribution in [0.4, 0.5) is 5.69 Å².